The van der Waals surface area contributed by atoms with Crippen molar-refractivity contribution < 1.29 is 22.8 Å². The average Bonchev–Trinajstić information content (AvgIpc) is 2.28. The molecule has 0 bridgehead atoms. The fourth-order valence-corrected chi connectivity index (χ4v) is 1.02. The molecule has 0 spiro atoms. The zero-order valence-corrected chi connectivity index (χ0v) is 8.86. The predicted octanol–water partition coefficient (Wildman–Crippen LogP) is 0.641. The summed E-state index contributed by atoms with van der Waals surface area (Å²) in [5.74, 6) is -2.39. The van der Waals surface area contributed by atoms with E-state index in [0.717, 1.165) is 18.3 Å². The first-order chi connectivity index (χ1) is 8.30. The van der Waals surface area contributed by atoms with E-state index in [1.54, 1.807) is 5.43 Å². The van der Waals surface area contributed by atoms with Crippen molar-refractivity contribution in [3.8, 4) is 0 Å². The first kappa shape index (κ1) is 13.7. The normalized spacial score (nSPS) is 11.5. The van der Waals surface area contributed by atoms with Gasteiger partial charge in [-0.3, -0.25) is 9.59 Å². The number of nitrogens with zero attached hydrogens (tertiary/aromatic N) is 1. The average molecular weight is 259 g/mol. The molecule has 1 rings (SSSR count). The molecule has 2 amide bonds. The lowest BCUT2D eigenvalue weighted by atomic mass is 10.1. The summed E-state index contributed by atoms with van der Waals surface area (Å²) >= 11 is 0. The van der Waals surface area contributed by atoms with E-state index in [-0.39, 0.29) is 5.56 Å². The van der Waals surface area contributed by atoms with Gasteiger partial charge < -0.3 is 5.73 Å². The van der Waals surface area contributed by atoms with Crippen molar-refractivity contribution in [1.29, 1.82) is 0 Å². The van der Waals surface area contributed by atoms with Crippen molar-refractivity contribution >= 4 is 18.0 Å². The van der Waals surface area contributed by atoms with Crippen molar-refractivity contribution in [3.05, 3.63) is 35.4 Å². The van der Waals surface area contributed by atoms with Gasteiger partial charge in [0.15, 0.2) is 0 Å². The van der Waals surface area contributed by atoms with Crippen LogP contribution in [0.3, 0.4) is 0 Å². The van der Waals surface area contributed by atoms with Gasteiger partial charge in [-0.25, -0.2) is 5.43 Å². The number of halogens is 3. The molecule has 0 heterocycles. The Morgan fingerprint density at radius 3 is 2.56 bits per heavy atom. The molecule has 96 valence electrons. The van der Waals surface area contributed by atoms with Gasteiger partial charge in [0.05, 0.1) is 11.8 Å². The molecule has 0 fully saturated rings. The minimum absolute atomic E-state index is 0.120. The number of primary amides is 1. The van der Waals surface area contributed by atoms with Gasteiger partial charge in [-0.15, -0.1) is 0 Å². The fourth-order valence-electron chi connectivity index (χ4n) is 1.02. The first-order valence-corrected chi connectivity index (χ1v) is 4.61. The topological polar surface area (TPSA) is 84.5 Å². The van der Waals surface area contributed by atoms with E-state index in [2.05, 4.69) is 10.8 Å². The van der Waals surface area contributed by atoms with Gasteiger partial charge in [-0.05, 0) is 17.7 Å². The Hall–Kier alpha value is -2.38. The number of hydrogen-bond acceptors (Lipinski definition) is 3. The van der Waals surface area contributed by atoms with Crippen LogP contribution in [0.2, 0.25) is 0 Å². The molecule has 0 aliphatic carbocycles. The number of nitrogens with one attached hydrogen (secondary N) is 1. The van der Waals surface area contributed by atoms with Crippen LogP contribution in [0.15, 0.2) is 29.4 Å². The molecule has 0 aliphatic rings. The number of nitrogens with two attached hydrogens (primary N) is 1. The van der Waals surface area contributed by atoms with Crippen LogP contribution >= 0.6 is 0 Å². The zero-order valence-electron chi connectivity index (χ0n) is 8.86. The highest BCUT2D eigenvalue weighted by Crippen LogP contribution is 2.29. The molecule has 0 atom stereocenters. The lowest BCUT2D eigenvalue weighted by molar-refractivity contribution is -0.137. The maximum absolute atomic E-state index is 12.3. The third-order valence-electron chi connectivity index (χ3n) is 1.82. The minimum Gasteiger partial charge on any atom is -0.361 e. The van der Waals surface area contributed by atoms with Crippen LogP contribution in [-0.4, -0.2) is 18.0 Å². The number of benzene rings is 1. The summed E-state index contributed by atoms with van der Waals surface area (Å²) in [7, 11) is 0. The molecule has 0 aromatic heterocycles. The summed E-state index contributed by atoms with van der Waals surface area (Å²) in [6, 6.07) is 4.30. The Bertz CT molecular complexity index is 497. The maximum atomic E-state index is 12.3. The number of alkyl halides is 3. The van der Waals surface area contributed by atoms with E-state index in [0.29, 0.717) is 0 Å². The summed E-state index contributed by atoms with van der Waals surface area (Å²) < 4.78 is 37.0. The molecular formula is C10H8F3N3O2. The molecule has 0 saturated carbocycles. The predicted molar refractivity (Wildman–Crippen MR) is 56.4 cm³/mol. The van der Waals surface area contributed by atoms with E-state index in [9.17, 15) is 22.8 Å². The van der Waals surface area contributed by atoms with E-state index in [1.165, 1.54) is 12.1 Å². The Morgan fingerprint density at radius 2 is 2.00 bits per heavy atom. The van der Waals surface area contributed by atoms with Crippen LogP contribution < -0.4 is 11.2 Å². The van der Waals surface area contributed by atoms with Gasteiger partial charge in [0, 0.05) is 0 Å². The third-order valence-corrected chi connectivity index (χ3v) is 1.82. The molecule has 8 heteroatoms. The van der Waals surface area contributed by atoms with E-state index < -0.39 is 23.6 Å². The Kier molecular flexibility index (Phi) is 4.03. The Morgan fingerprint density at radius 1 is 1.33 bits per heavy atom. The van der Waals surface area contributed by atoms with Crippen LogP contribution in [0.4, 0.5) is 13.2 Å². The molecule has 5 nitrogen and oxygen atoms in total. The second-order valence-electron chi connectivity index (χ2n) is 3.19. The second kappa shape index (κ2) is 5.30. The molecule has 18 heavy (non-hydrogen) atoms. The van der Waals surface area contributed by atoms with E-state index >= 15 is 0 Å². The number of amides is 2. The van der Waals surface area contributed by atoms with Crippen LogP contribution in [0.5, 0.6) is 0 Å². The molecule has 0 aliphatic heterocycles. The van der Waals surface area contributed by atoms with Crippen LogP contribution in [0.1, 0.15) is 11.1 Å². The molecule has 1 aromatic rings. The third kappa shape index (κ3) is 3.89. The van der Waals surface area contributed by atoms with Gasteiger partial charge in [-0.2, -0.15) is 18.3 Å². The number of carbonyl (C=O) groups excluding carboxylic acids is 2. The smallest absolute Gasteiger partial charge is 0.361 e. The Labute approximate surface area is 99.5 Å². The summed E-state index contributed by atoms with van der Waals surface area (Å²) in [5.41, 5.74) is 5.67. The molecule has 0 radical (unpaired) electrons. The maximum Gasteiger partial charge on any atom is 0.416 e. The van der Waals surface area contributed by atoms with Crippen LogP contribution in [-0.2, 0) is 15.8 Å². The highest BCUT2D eigenvalue weighted by Gasteiger charge is 2.30. The quantitative estimate of drug-likeness (QED) is 0.464. The van der Waals surface area contributed by atoms with E-state index in [1.807, 2.05) is 0 Å². The van der Waals surface area contributed by atoms with Crippen molar-refractivity contribution in [2.45, 2.75) is 6.18 Å². The SMILES string of the molecule is NC(=O)C(=O)N/N=C/c1cccc(C(F)(F)F)c1. The highest BCUT2D eigenvalue weighted by atomic mass is 19.4. The van der Waals surface area contributed by atoms with Gasteiger partial charge in [0.25, 0.3) is 0 Å². The number of rotatable bonds is 2. The lowest BCUT2D eigenvalue weighted by Crippen LogP contribution is -2.32. The first-order valence-electron chi connectivity index (χ1n) is 4.61. The fraction of sp³-hybridized carbons (Fsp3) is 0.100. The molecular weight excluding hydrogens is 251 g/mol. The summed E-state index contributed by atoms with van der Waals surface area (Å²) in [4.78, 5) is 21.0. The van der Waals surface area contributed by atoms with Gasteiger partial charge in [0.1, 0.15) is 0 Å². The monoisotopic (exact) mass is 259 g/mol. The molecule has 0 saturated heterocycles. The highest BCUT2D eigenvalue weighted by molar-refractivity contribution is 6.34. The zero-order chi connectivity index (χ0) is 13.8. The lowest BCUT2D eigenvalue weighted by Gasteiger charge is -2.06. The molecule has 3 N–H and O–H groups in total. The van der Waals surface area contributed by atoms with Crippen molar-refractivity contribution in [3.63, 3.8) is 0 Å². The van der Waals surface area contributed by atoms with E-state index in [4.69, 9.17) is 0 Å². The standard InChI is InChI=1S/C10H8F3N3O2/c11-10(12,13)7-3-1-2-6(4-7)5-15-16-9(18)8(14)17/h1-5H,(H2,14,17)(H,16,18)/b15-5+. The second-order valence-corrected chi connectivity index (χ2v) is 3.19. The summed E-state index contributed by atoms with van der Waals surface area (Å²) in [5, 5.41) is 3.29. The summed E-state index contributed by atoms with van der Waals surface area (Å²) in [6.45, 7) is 0. The number of hydrazone groups is 1. The van der Waals surface area contributed by atoms with Gasteiger partial charge in [-0.1, -0.05) is 12.1 Å². The minimum atomic E-state index is -4.46. The van der Waals surface area contributed by atoms with Crippen LogP contribution in [0.25, 0.3) is 0 Å². The number of carbonyl (C=O) groups is 2. The molecule has 1 aromatic carbocycles. The Balaban J connectivity index is 2.77. The van der Waals surface area contributed by atoms with Crippen molar-refractivity contribution in [1.82, 2.24) is 5.43 Å². The summed E-state index contributed by atoms with van der Waals surface area (Å²) in [6.07, 6.45) is -3.49. The largest absolute Gasteiger partial charge is 0.416 e. The van der Waals surface area contributed by atoms with Gasteiger partial charge in [0.2, 0.25) is 0 Å². The van der Waals surface area contributed by atoms with Crippen LogP contribution in [0, 0.1) is 0 Å². The van der Waals surface area contributed by atoms with Crippen molar-refractivity contribution in [2.24, 2.45) is 10.8 Å². The number of hydrogen-bond donors (Lipinski definition) is 2. The van der Waals surface area contributed by atoms with Crippen molar-refractivity contribution in [2.75, 3.05) is 0 Å². The molecule has 0 unspecified atom stereocenters. The van der Waals surface area contributed by atoms with Gasteiger partial charge >= 0.3 is 18.0 Å².